The van der Waals surface area contributed by atoms with Gasteiger partial charge in [-0.1, -0.05) is 59.8 Å². The zero-order chi connectivity index (χ0) is 23.5. The van der Waals surface area contributed by atoms with Gasteiger partial charge in [0.2, 0.25) is 5.91 Å². The van der Waals surface area contributed by atoms with Gasteiger partial charge >= 0.3 is 5.63 Å². The standard InChI is InChI=1S/C26H18ClN3O3S/c27-18-10-12-20(13-11-18)30-15-22(21-14-17-6-4-5-9-23(17)33-25(21)32)29-26(30)34-16-24(31)28-19-7-2-1-3-8-19/h1-15H,16H2,(H,28,31). The Balaban J connectivity index is 1.49. The van der Waals surface area contributed by atoms with E-state index in [9.17, 15) is 9.59 Å². The molecule has 2 heterocycles. The minimum absolute atomic E-state index is 0.144. The first-order chi connectivity index (χ1) is 16.6. The Hall–Kier alpha value is -3.81. The van der Waals surface area contributed by atoms with Crippen molar-refractivity contribution in [2.75, 3.05) is 11.1 Å². The van der Waals surface area contributed by atoms with Crippen LogP contribution < -0.4 is 10.9 Å². The van der Waals surface area contributed by atoms with Crippen LogP contribution in [0.1, 0.15) is 0 Å². The van der Waals surface area contributed by atoms with E-state index in [0.717, 1.165) is 16.8 Å². The minimum Gasteiger partial charge on any atom is -0.422 e. The molecule has 1 amide bonds. The summed E-state index contributed by atoms with van der Waals surface area (Å²) in [6.45, 7) is 0. The summed E-state index contributed by atoms with van der Waals surface area (Å²) in [6.07, 6.45) is 1.77. The smallest absolute Gasteiger partial charge is 0.345 e. The van der Waals surface area contributed by atoms with E-state index in [4.69, 9.17) is 16.0 Å². The number of rotatable bonds is 6. The molecular weight excluding hydrogens is 470 g/mol. The van der Waals surface area contributed by atoms with Crippen molar-refractivity contribution in [2.24, 2.45) is 0 Å². The van der Waals surface area contributed by atoms with E-state index in [1.165, 1.54) is 11.8 Å². The molecule has 8 heteroatoms. The van der Waals surface area contributed by atoms with E-state index in [-0.39, 0.29) is 11.7 Å². The highest BCUT2D eigenvalue weighted by Gasteiger charge is 2.17. The topological polar surface area (TPSA) is 77.1 Å². The highest BCUT2D eigenvalue weighted by molar-refractivity contribution is 7.99. The van der Waals surface area contributed by atoms with Crippen LogP contribution in [0.25, 0.3) is 27.9 Å². The van der Waals surface area contributed by atoms with Crippen LogP contribution in [0.15, 0.2) is 105 Å². The molecule has 1 N–H and O–H groups in total. The third kappa shape index (κ3) is 4.76. The van der Waals surface area contributed by atoms with Gasteiger partial charge in [-0.15, -0.1) is 0 Å². The molecule has 0 aliphatic rings. The first-order valence-electron chi connectivity index (χ1n) is 10.4. The van der Waals surface area contributed by atoms with Gasteiger partial charge in [0.1, 0.15) is 5.58 Å². The quantitative estimate of drug-likeness (QED) is 0.234. The second-order valence-electron chi connectivity index (χ2n) is 7.44. The lowest BCUT2D eigenvalue weighted by atomic mass is 10.1. The highest BCUT2D eigenvalue weighted by atomic mass is 35.5. The fourth-order valence-electron chi connectivity index (χ4n) is 3.47. The Morgan fingerprint density at radius 1 is 1.00 bits per heavy atom. The van der Waals surface area contributed by atoms with Crippen molar-refractivity contribution < 1.29 is 9.21 Å². The van der Waals surface area contributed by atoms with E-state index in [1.807, 2.05) is 65.2 Å². The Morgan fingerprint density at radius 3 is 2.53 bits per heavy atom. The molecule has 0 radical (unpaired) electrons. The lowest BCUT2D eigenvalue weighted by Gasteiger charge is -2.08. The number of carbonyl (C=O) groups excluding carboxylic acids is 1. The maximum Gasteiger partial charge on any atom is 0.345 e. The molecule has 0 aliphatic heterocycles. The number of hydrogen-bond donors (Lipinski definition) is 1. The first kappa shape index (κ1) is 22.0. The fourth-order valence-corrected chi connectivity index (χ4v) is 4.39. The number of aromatic nitrogens is 2. The number of hydrogen-bond acceptors (Lipinski definition) is 5. The summed E-state index contributed by atoms with van der Waals surface area (Å²) in [6, 6.07) is 25.6. The zero-order valence-corrected chi connectivity index (χ0v) is 19.3. The summed E-state index contributed by atoms with van der Waals surface area (Å²) in [5, 5.41) is 4.84. The molecule has 2 aromatic heterocycles. The molecule has 0 aliphatic carbocycles. The molecule has 0 bridgehead atoms. The molecule has 0 atom stereocenters. The van der Waals surface area contributed by atoms with Crippen molar-refractivity contribution >= 4 is 45.9 Å². The van der Waals surface area contributed by atoms with Gasteiger partial charge in [-0.05, 0) is 48.5 Å². The fraction of sp³-hybridized carbons (Fsp3) is 0.0385. The number of para-hydroxylation sites is 2. The second-order valence-corrected chi connectivity index (χ2v) is 8.82. The predicted octanol–water partition coefficient (Wildman–Crippen LogP) is 6.03. The maximum absolute atomic E-state index is 12.7. The van der Waals surface area contributed by atoms with E-state index in [0.29, 0.717) is 27.0 Å². The van der Waals surface area contributed by atoms with Crippen LogP contribution in [-0.4, -0.2) is 21.2 Å². The molecule has 0 saturated carbocycles. The molecule has 6 nitrogen and oxygen atoms in total. The van der Waals surface area contributed by atoms with Crippen LogP contribution in [0.3, 0.4) is 0 Å². The van der Waals surface area contributed by atoms with Crippen molar-refractivity contribution in [3.8, 4) is 16.9 Å². The summed E-state index contributed by atoms with van der Waals surface area (Å²) in [7, 11) is 0. The molecule has 0 unspecified atom stereocenters. The SMILES string of the molecule is O=C(CSc1nc(-c2cc3ccccc3oc2=O)cn1-c1ccc(Cl)cc1)Nc1ccccc1. The van der Waals surface area contributed by atoms with Crippen LogP contribution in [0, 0.1) is 0 Å². The summed E-state index contributed by atoms with van der Waals surface area (Å²) in [5.41, 5.74) is 2.38. The molecule has 3 aromatic carbocycles. The number of carbonyl (C=O) groups is 1. The number of halogens is 1. The van der Waals surface area contributed by atoms with Gasteiger partial charge in [0.05, 0.1) is 17.0 Å². The van der Waals surface area contributed by atoms with Gasteiger partial charge < -0.3 is 9.73 Å². The number of benzene rings is 3. The Morgan fingerprint density at radius 2 is 1.74 bits per heavy atom. The van der Waals surface area contributed by atoms with Gasteiger partial charge in [-0.25, -0.2) is 9.78 Å². The molecular formula is C26H18ClN3O3S. The number of amides is 1. The maximum atomic E-state index is 12.7. The van der Waals surface area contributed by atoms with Crippen molar-refractivity contribution in [2.45, 2.75) is 5.16 Å². The summed E-state index contributed by atoms with van der Waals surface area (Å²) < 4.78 is 7.32. The highest BCUT2D eigenvalue weighted by Crippen LogP contribution is 2.28. The molecule has 0 fully saturated rings. The Bertz CT molecular complexity index is 1530. The molecule has 5 rings (SSSR count). The predicted molar refractivity (Wildman–Crippen MR) is 136 cm³/mol. The van der Waals surface area contributed by atoms with Crippen LogP contribution in [0.2, 0.25) is 5.02 Å². The molecule has 34 heavy (non-hydrogen) atoms. The molecule has 0 spiro atoms. The van der Waals surface area contributed by atoms with Gasteiger partial charge in [-0.2, -0.15) is 0 Å². The number of imidazole rings is 1. The average molecular weight is 488 g/mol. The number of nitrogens with zero attached hydrogens (tertiary/aromatic N) is 2. The van der Waals surface area contributed by atoms with Gasteiger partial charge in [0, 0.05) is 28.0 Å². The van der Waals surface area contributed by atoms with E-state index in [2.05, 4.69) is 10.3 Å². The van der Waals surface area contributed by atoms with Crippen molar-refractivity contribution in [1.82, 2.24) is 9.55 Å². The lowest BCUT2D eigenvalue weighted by Crippen LogP contribution is -2.14. The van der Waals surface area contributed by atoms with Crippen molar-refractivity contribution in [3.05, 3.63) is 107 Å². The minimum atomic E-state index is -0.474. The van der Waals surface area contributed by atoms with E-state index >= 15 is 0 Å². The third-order valence-electron chi connectivity index (χ3n) is 5.09. The van der Waals surface area contributed by atoms with Gasteiger partial charge in [-0.3, -0.25) is 9.36 Å². The van der Waals surface area contributed by atoms with Crippen molar-refractivity contribution in [1.29, 1.82) is 0 Å². The van der Waals surface area contributed by atoms with Crippen LogP contribution in [0.4, 0.5) is 5.69 Å². The summed E-state index contributed by atoms with van der Waals surface area (Å²) >= 11 is 7.33. The van der Waals surface area contributed by atoms with Crippen molar-refractivity contribution in [3.63, 3.8) is 0 Å². The van der Waals surface area contributed by atoms with Crippen LogP contribution in [0.5, 0.6) is 0 Å². The summed E-state index contributed by atoms with van der Waals surface area (Å²) in [5.74, 6) is -0.0146. The molecule has 0 saturated heterocycles. The Labute approximate surface area is 204 Å². The normalized spacial score (nSPS) is 11.0. The first-order valence-corrected chi connectivity index (χ1v) is 11.8. The second kappa shape index (κ2) is 9.59. The lowest BCUT2D eigenvalue weighted by molar-refractivity contribution is -0.113. The van der Waals surface area contributed by atoms with Gasteiger partial charge in [0.15, 0.2) is 5.16 Å². The zero-order valence-electron chi connectivity index (χ0n) is 17.8. The Kier molecular flexibility index (Phi) is 6.20. The third-order valence-corrected chi connectivity index (χ3v) is 6.29. The largest absolute Gasteiger partial charge is 0.422 e. The summed E-state index contributed by atoms with van der Waals surface area (Å²) in [4.78, 5) is 29.9. The molecule has 5 aromatic rings. The monoisotopic (exact) mass is 487 g/mol. The number of fused-ring (bicyclic) bond motifs is 1. The van der Waals surface area contributed by atoms with Crippen LogP contribution >= 0.6 is 23.4 Å². The van der Waals surface area contributed by atoms with E-state index in [1.54, 1.807) is 30.5 Å². The van der Waals surface area contributed by atoms with Gasteiger partial charge in [0.25, 0.3) is 0 Å². The number of anilines is 1. The molecule has 168 valence electrons. The number of thioether (sulfide) groups is 1. The number of nitrogens with one attached hydrogen (secondary N) is 1. The van der Waals surface area contributed by atoms with Crippen LogP contribution in [-0.2, 0) is 4.79 Å². The average Bonchev–Trinajstić information content (AvgIpc) is 3.27. The van der Waals surface area contributed by atoms with E-state index < -0.39 is 5.63 Å².